The number of nitro groups is 1. The van der Waals surface area contributed by atoms with Gasteiger partial charge in [-0.15, -0.1) is 0 Å². The fraction of sp³-hybridized carbons (Fsp3) is 0.333. The van der Waals surface area contributed by atoms with Crippen molar-refractivity contribution in [1.29, 1.82) is 0 Å². The molecule has 9 heteroatoms. The molecule has 0 spiro atoms. The summed E-state index contributed by atoms with van der Waals surface area (Å²) in [5.74, 6) is -0.373. The van der Waals surface area contributed by atoms with Crippen LogP contribution in [-0.2, 0) is 14.1 Å². The van der Waals surface area contributed by atoms with Crippen molar-refractivity contribution in [2.24, 2.45) is 14.1 Å². The number of ether oxygens (including phenoxy) is 1. The molecule has 0 aliphatic heterocycles. The number of benzene rings is 1. The number of nitrogens with two attached hydrogens (primary N) is 1. The smallest absolute Gasteiger partial charge is 0.332 e. The molecule has 2 N–H and O–H groups in total. The van der Waals surface area contributed by atoms with Gasteiger partial charge in [0.15, 0.2) is 0 Å². The van der Waals surface area contributed by atoms with Gasteiger partial charge in [0.2, 0.25) is 6.54 Å². The van der Waals surface area contributed by atoms with Crippen molar-refractivity contribution in [2.75, 3.05) is 19.4 Å². The summed E-state index contributed by atoms with van der Waals surface area (Å²) >= 11 is 0. The van der Waals surface area contributed by atoms with Gasteiger partial charge in [0, 0.05) is 19.0 Å². The van der Waals surface area contributed by atoms with Crippen molar-refractivity contribution in [3.8, 4) is 5.75 Å². The van der Waals surface area contributed by atoms with Crippen LogP contribution in [-0.4, -0.2) is 27.7 Å². The maximum atomic E-state index is 12.5. The van der Waals surface area contributed by atoms with Gasteiger partial charge in [0.1, 0.15) is 11.6 Å². The normalized spacial score (nSPS) is 12.0. The monoisotopic (exact) mass is 334 g/mol. The van der Waals surface area contributed by atoms with E-state index in [9.17, 15) is 19.7 Å². The van der Waals surface area contributed by atoms with Gasteiger partial charge in [0.05, 0.1) is 18.6 Å². The molecule has 0 aliphatic carbocycles. The number of nitrogen functional groups attached to an aromatic ring is 1. The zero-order valence-electron chi connectivity index (χ0n) is 13.6. The Morgan fingerprint density at radius 2 is 1.79 bits per heavy atom. The quantitative estimate of drug-likeness (QED) is 0.610. The lowest BCUT2D eigenvalue weighted by Crippen LogP contribution is -2.42. The number of nitrogens with zero attached hydrogens (tertiary/aromatic N) is 3. The predicted octanol–water partition coefficient (Wildman–Crippen LogP) is 0.0834. The third-order valence-corrected chi connectivity index (χ3v) is 3.94. The molecule has 1 aromatic carbocycles. The van der Waals surface area contributed by atoms with Crippen molar-refractivity contribution in [3.05, 3.63) is 66.3 Å². The highest BCUT2D eigenvalue weighted by atomic mass is 16.6. The average molecular weight is 334 g/mol. The SMILES string of the molecule is COc1ccc([C@@H](C[N+](=O)[O-])c2c(N)n(C)c(=O)n(C)c2=O)cc1. The number of anilines is 1. The lowest BCUT2D eigenvalue weighted by atomic mass is 9.92. The number of rotatable bonds is 5. The average Bonchev–Trinajstić information content (AvgIpc) is 2.57. The Bertz CT molecular complexity index is 882. The van der Waals surface area contributed by atoms with Crippen molar-refractivity contribution in [2.45, 2.75) is 5.92 Å². The topological polar surface area (TPSA) is 122 Å². The Morgan fingerprint density at radius 3 is 2.29 bits per heavy atom. The highest BCUT2D eigenvalue weighted by Gasteiger charge is 2.28. The van der Waals surface area contributed by atoms with Gasteiger partial charge in [-0.25, -0.2) is 4.79 Å². The fourth-order valence-corrected chi connectivity index (χ4v) is 2.56. The lowest BCUT2D eigenvalue weighted by Gasteiger charge is -2.18. The van der Waals surface area contributed by atoms with Crippen LogP contribution in [0.2, 0.25) is 0 Å². The standard InChI is InChI=1S/C15H18N4O5/c1-17-13(16)12(14(20)18(2)15(17)21)11(8-19(22)23)9-4-6-10(24-3)7-5-9/h4-7,11H,8,16H2,1-3H3/t11-/m1/s1. The van der Waals surface area contributed by atoms with Gasteiger partial charge in [-0.1, -0.05) is 12.1 Å². The summed E-state index contributed by atoms with van der Waals surface area (Å²) in [5, 5.41) is 11.1. The molecular formula is C15H18N4O5. The Kier molecular flexibility index (Phi) is 4.72. The summed E-state index contributed by atoms with van der Waals surface area (Å²) in [6, 6.07) is 6.56. The summed E-state index contributed by atoms with van der Waals surface area (Å²) in [7, 11) is 4.23. The molecule has 2 aromatic rings. The minimum Gasteiger partial charge on any atom is -0.497 e. The van der Waals surface area contributed by atoms with E-state index >= 15 is 0 Å². The minimum absolute atomic E-state index is 0.0291. The summed E-state index contributed by atoms with van der Waals surface area (Å²) < 4.78 is 7.06. The molecule has 0 amide bonds. The van der Waals surface area contributed by atoms with Crippen LogP contribution in [0.4, 0.5) is 5.82 Å². The Labute approximate surface area is 137 Å². The largest absolute Gasteiger partial charge is 0.497 e. The molecule has 1 aromatic heterocycles. The minimum atomic E-state index is -0.878. The molecule has 1 heterocycles. The molecule has 0 fully saturated rings. The van der Waals surface area contributed by atoms with E-state index in [1.807, 2.05) is 0 Å². The molecule has 9 nitrogen and oxygen atoms in total. The van der Waals surface area contributed by atoms with E-state index in [1.165, 1.54) is 21.2 Å². The molecule has 2 rings (SSSR count). The van der Waals surface area contributed by atoms with Crippen LogP contribution in [0.3, 0.4) is 0 Å². The molecule has 128 valence electrons. The molecule has 0 bridgehead atoms. The van der Waals surface area contributed by atoms with Gasteiger partial charge in [-0.05, 0) is 17.7 Å². The fourth-order valence-electron chi connectivity index (χ4n) is 2.56. The highest BCUT2D eigenvalue weighted by Crippen LogP contribution is 2.27. The highest BCUT2D eigenvalue weighted by molar-refractivity contribution is 5.46. The van der Waals surface area contributed by atoms with Crippen LogP contribution in [0.1, 0.15) is 17.0 Å². The molecule has 0 aliphatic rings. The molecule has 0 radical (unpaired) electrons. The second-order valence-corrected chi connectivity index (χ2v) is 5.35. The molecule has 0 saturated heterocycles. The van der Waals surface area contributed by atoms with Gasteiger partial charge in [0.25, 0.3) is 5.56 Å². The summed E-state index contributed by atoms with van der Waals surface area (Å²) in [4.78, 5) is 35.0. The number of aromatic nitrogens is 2. The van der Waals surface area contributed by atoms with Gasteiger partial charge in [-0.3, -0.25) is 24.0 Å². The van der Waals surface area contributed by atoms with Crippen LogP contribution in [0, 0.1) is 10.1 Å². The predicted molar refractivity (Wildman–Crippen MR) is 88.0 cm³/mol. The first-order valence-electron chi connectivity index (χ1n) is 7.09. The molecular weight excluding hydrogens is 316 g/mol. The molecule has 0 saturated carbocycles. The van der Waals surface area contributed by atoms with Gasteiger partial charge in [-0.2, -0.15) is 0 Å². The van der Waals surface area contributed by atoms with Crippen LogP contribution in [0.25, 0.3) is 0 Å². The summed E-state index contributed by atoms with van der Waals surface area (Å²) in [6.07, 6.45) is 0. The number of hydrogen-bond donors (Lipinski definition) is 1. The zero-order valence-corrected chi connectivity index (χ0v) is 13.6. The lowest BCUT2D eigenvalue weighted by molar-refractivity contribution is -0.481. The van der Waals surface area contributed by atoms with E-state index in [0.29, 0.717) is 11.3 Å². The van der Waals surface area contributed by atoms with E-state index in [4.69, 9.17) is 10.5 Å². The van der Waals surface area contributed by atoms with Crippen molar-refractivity contribution < 1.29 is 9.66 Å². The summed E-state index contributed by atoms with van der Waals surface area (Å²) in [6.45, 7) is -0.524. The number of hydrogen-bond acceptors (Lipinski definition) is 6. The first-order chi connectivity index (χ1) is 11.3. The maximum absolute atomic E-state index is 12.5. The Morgan fingerprint density at radius 1 is 1.21 bits per heavy atom. The molecule has 24 heavy (non-hydrogen) atoms. The van der Waals surface area contributed by atoms with Crippen molar-refractivity contribution >= 4 is 5.82 Å². The van der Waals surface area contributed by atoms with Crippen molar-refractivity contribution in [3.63, 3.8) is 0 Å². The van der Waals surface area contributed by atoms with E-state index in [-0.39, 0.29) is 11.4 Å². The Hall–Kier alpha value is -3.10. The maximum Gasteiger partial charge on any atom is 0.332 e. The van der Waals surface area contributed by atoms with Crippen LogP contribution in [0.15, 0.2) is 33.9 Å². The summed E-state index contributed by atoms with van der Waals surface area (Å²) in [5.41, 5.74) is 5.26. The third kappa shape index (κ3) is 3.00. The van der Waals surface area contributed by atoms with Crippen LogP contribution in [0.5, 0.6) is 5.75 Å². The molecule has 1 atom stereocenters. The Balaban J connectivity index is 2.71. The first kappa shape index (κ1) is 17.3. The third-order valence-electron chi connectivity index (χ3n) is 3.94. The van der Waals surface area contributed by atoms with Crippen molar-refractivity contribution in [1.82, 2.24) is 9.13 Å². The van der Waals surface area contributed by atoms with Crippen LogP contribution < -0.4 is 21.7 Å². The second kappa shape index (κ2) is 6.57. The van der Waals surface area contributed by atoms with Gasteiger partial charge < -0.3 is 10.5 Å². The zero-order chi connectivity index (χ0) is 18.0. The van der Waals surface area contributed by atoms with Gasteiger partial charge >= 0.3 is 5.69 Å². The molecule has 0 unspecified atom stereocenters. The van der Waals surface area contributed by atoms with E-state index in [1.54, 1.807) is 24.3 Å². The van der Waals surface area contributed by atoms with E-state index in [2.05, 4.69) is 0 Å². The number of methoxy groups -OCH3 is 1. The van der Waals surface area contributed by atoms with Crippen LogP contribution >= 0.6 is 0 Å². The second-order valence-electron chi connectivity index (χ2n) is 5.35. The van der Waals surface area contributed by atoms with E-state index in [0.717, 1.165) is 9.13 Å². The van der Waals surface area contributed by atoms with E-state index < -0.39 is 28.6 Å². The first-order valence-corrected chi connectivity index (χ1v) is 7.09.